The molecule has 0 aromatic carbocycles. The van der Waals surface area contributed by atoms with Crippen LogP contribution in [0.3, 0.4) is 0 Å². The molecule has 0 saturated carbocycles. The van der Waals surface area contributed by atoms with Crippen LogP contribution in [0.4, 0.5) is 5.95 Å². The fourth-order valence-electron chi connectivity index (χ4n) is 3.81. The third-order valence-corrected chi connectivity index (χ3v) is 7.58. The number of aliphatic hydroxyl groups is 1. The Kier molecular flexibility index (Phi) is 5.32. The lowest BCUT2D eigenvalue weighted by atomic mass is 9.97. The zero-order valence-electron chi connectivity index (χ0n) is 17.2. The number of nitrogens with zero attached hydrogens (tertiary/aromatic N) is 4. The number of aliphatic hydroxyl groups excluding tert-OH is 1. The Balaban J connectivity index is 2.23. The highest BCUT2D eigenvalue weighted by Crippen LogP contribution is 2.46. The second-order valence-corrected chi connectivity index (χ2v) is 11.8. The average Bonchev–Trinajstić information content (AvgIpc) is 3.15. The molecule has 1 aliphatic heterocycles. The number of imidazole rings is 1. The minimum atomic E-state index is -1.74. The molecule has 0 radical (unpaired) electrons. The smallest absolute Gasteiger partial charge is 0.280 e. The summed E-state index contributed by atoms with van der Waals surface area (Å²) in [5, 5.41) is 21.7. The zero-order valence-corrected chi connectivity index (χ0v) is 18.4. The Morgan fingerprint density at radius 3 is 2.79 bits per heavy atom. The van der Waals surface area contributed by atoms with Gasteiger partial charge in [-0.1, -0.05) is 18.2 Å². The molecule has 0 spiro atoms. The summed E-state index contributed by atoms with van der Waals surface area (Å²) < 4.78 is 14.4. The highest BCUT2D eigenvalue weighted by atomic mass is 28.3. The minimum absolute atomic E-state index is 0.0318. The number of aromatic nitrogens is 4. The van der Waals surface area contributed by atoms with Crippen LogP contribution in [0.15, 0.2) is 16.3 Å². The minimum Gasteiger partial charge on any atom is -0.411 e. The van der Waals surface area contributed by atoms with Crippen LogP contribution in [-0.2, 0) is 14.8 Å². The molecule has 1 saturated heterocycles. The molecular weight excluding hydrogens is 396 g/mol. The van der Waals surface area contributed by atoms with Gasteiger partial charge in [0, 0.05) is 6.42 Å². The third-order valence-electron chi connectivity index (χ3n) is 5.14. The third kappa shape index (κ3) is 3.56. The topological polar surface area (TPSA) is 161 Å². The number of nitrogens with two attached hydrogens (primary N) is 1. The molecule has 0 amide bonds. The molecule has 29 heavy (non-hydrogen) atoms. The summed E-state index contributed by atoms with van der Waals surface area (Å²) in [6.45, 7) is 9.37. The Bertz CT molecular complexity index is 983. The Hall–Kier alpha value is -2.28. The van der Waals surface area contributed by atoms with Gasteiger partial charge in [-0.2, -0.15) is 4.98 Å². The van der Waals surface area contributed by atoms with E-state index in [-0.39, 0.29) is 17.1 Å². The van der Waals surface area contributed by atoms with Crippen LogP contribution < -0.4 is 11.3 Å². The van der Waals surface area contributed by atoms with Crippen molar-refractivity contribution in [2.45, 2.75) is 62.9 Å². The maximum absolute atomic E-state index is 12.2. The SMILES string of the molecule is C[SiH](C)[C@]1(n2cnc3c(=O)[nH]c(N)nc32)C[C@H](OC(C)(C)C)[C@@](C=NO)(CO)O1. The Labute approximate surface area is 169 Å². The monoisotopic (exact) mass is 424 g/mol. The molecule has 0 unspecified atom stereocenters. The van der Waals surface area contributed by atoms with Gasteiger partial charge in [0.25, 0.3) is 5.56 Å². The van der Waals surface area contributed by atoms with Crippen molar-refractivity contribution in [3.05, 3.63) is 16.7 Å². The zero-order chi connectivity index (χ0) is 21.6. The number of rotatable bonds is 5. The van der Waals surface area contributed by atoms with Gasteiger partial charge in [0.05, 0.1) is 39.7 Å². The Morgan fingerprint density at radius 2 is 2.24 bits per heavy atom. The van der Waals surface area contributed by atoms with Crippen molar-refractivity contribution in [3.8, 4) is 0 Å². The van der Waals surface area contributed by atoms with E-state index in [1.165, 1.54) is 6.33 Å². The van der Waals surface area contributed by atoms with E-state index >= 15 is 0 Å². The van der Waals surface area contributed by atoms with E-state index in [2.05, 4.69) is 33.2 Å². The lowest BCUT2D eigenvalue weighted by Gasteiger charge is -2.36. The summed E-state index contributed by atoms with van der Waals surface area (Å²) in [6, 6.07) is 0. The summed E-state index contributed by atoms with van der Waals surface area (Å²) in [6.07, 6.45) is 2.39. The van der Waals surface area contributed by atoms with Crippen molar-refractivity contribution >= 4 is 32.1 Å². The predicted molar refractivity (Wildman–Crippen MR) is 110 cm³/mol. The summed E-state index contributed by atoms with van der Waals surface area (Å²) in [5.74, 6) is -0.0318. The van der Waals surface area contributed by atoms with Gasteiger partial charge in [-0.05, 0) is 20.8 Å². The number of anilines is 1. The van der Waals surface area contributed by atoms with Gasteiger partial charge in [-0.25, -0.2) is 4.98 Å². The fraction of sp³-hybridized carbons (Fsp3) is 0.647. The summed E-state index contributed by atoms with van der Waals surface area (Å²) in [7, 11) is -1.74. The van der Waals surface area contributed by atoms with Gasteiger partial charge in [0.1, 0.15) is 5.35 Å². The van der Waals surface area contributed by atoms with Crippen molar-refractivity contribution in [1.82, 2.24) is 19.5 Å². The van der Waals surface area contributed by atoms with Gasteiger partial charge in [-0.15, -0.1) is 0 Å². The predicted octanol–water partition coefficient (Wildman–Crippen LogP) is 0.176. The number of aromatic amines is 1. The number of hydrogen-bond donors (Lipinski definition) is 4. The number of fused-ring (bicyclic) bond motifs is 1. The van der Waals surface area contributed by atoms with Gasteiger partial charge < -0.3 is 25.5 Å². The van der Waals surface area contributed by atoms with Crippen LogP contribution >= 0.6 is 0 Å². The van der Waals surface area contributed by atoms with Gasteiger partial charge in [0.2, 0.25) is 5.95 Å². The normalized spacial score (nSPS) is 28.2. The quantitative estimate of drug-likeness (QED) is 0.229. The maximum atomic E-state index is 12.2. The second-order valence-electron chi connectivity index (χ2n) is 8.62. The molecule has 1 aliphatic rings. The van der Waals surface area contributed by atoms with Crippen LogP contribution in [0.2, 0.25) is 13.1 Å². The summed E-state index contributed by atoms with van der Waals surface area (Å²) in [4.78, 5) is 23.1. The molecule has 3 rings (SSSR count). The van der Waals surface area contributed by atoms with E-state index in [4.69, 9.17) is 15.2 Å². The van der Waals surface area contributed by atoms with Gasteiger partial charge in [-0.3, -0.25) is 14.3 Å². The van der Waals surface area contributed by atoms with Gasteiger partial charge in [0.15, 0.2) is 16.8 Å². The van der Waals surface area contributed by atoms with E-state index in [9.17, 15) is 15.1 Å². The highest BCUT2D eigenvalue weighted by molar-refractivity contribution is 6.58. The van der Waals surface area contributed by atoms with E-state index < -0.39 is 43.6 Å². The second kappa shape index (κ2) is 7.20. The highest BCUT2D eigenvalue weighted by Gasteiger charge is 2.59. The molecule has 0 aliphatic carbocycles. The molecule has 12 heteroatoms. The number of nitrogen functional groups attached to an aromatic ring is 1. The number of ether oxygens (including phenoxy) is 2. The average molecular weight is 425 g/mol. The molecular formula is C17H28N6O5Si. The summed E-state index contributed by atoms with van der Waals surface area (Å²) in [5.41, 5.74) is 3.82. The van der Waals surface area contributed by atoms with Crippen LogP contribution in [0.1, 0.15) is 27.2 Å². The van der Waals surface area contributed by atoms with Crippen LogP contribution in [0.25, 0.3) is 11.2 Å². The van der Waals surface area contributed by atoms with E-state index in [1.807, 2.05) is 20.8 Å². The Morgan fingerprint density at radius 1 is 1.55 bits per heavy atom. The maximum Gasteiger partial charge on any atom is 0.280 e. The van der Waals surface area contributed by atoms with E-state index in [0.29, 0.717) is 6.42 Å². The number of oxime groups is 1. The van der Waals surface area contributed by atoms with E-state index in [1.54, 1.807) is 4.57 Å². The lowest BCUT2D eigenvalue weighted by molar-refractivity contribution is -0.140. The number of hydrogen-bond acceptors (Lipinski definition) is 9. The van der Waals surface area contributed by atoms with E-state index in [0.717, 1.165) is 6.21 Å². The molecule has 0 bridgehead atoms. The first kappa shape index (κ1) is 21.4. The van der Waals surface area contributed by atoms with Crippen molar-refractivity contribution in [2.75, 3.05) is 12.3 Å². The fourth-order valence-corrected chi connectivity index (χ4v) is 5.69. The first-order valence-electron chi connectivity index (χ1n) is 9.39. The van der Waals surface area contributed by atoms with Crippen LogP contribution in [0.5, 0.6) is 0 Å². The van der Waals surface area contributed by atoms with Crippen molar-refractivity contribution < 1.29 is 19.8 Å². The molecule has 5 N–H and O–H groups in total. The summed E-state index contributed by atoms with van der Waals surface area (Å²) >= 11 is 0. The molecule has 3 atom stereocenters. The van der Waals surface area contributed by atoms with Crippen LogP contribution in [-0.4, -0.2) is 68.8 Å². The van der Waals surface area contributed by atoms with Crippen molar-refractivity contribution in [1.29, 1.82) is 0 Å². The molecule has 11 nitrogen and oxygen atoms in total. The molecule has 1 fully saturated rings. The first-order valence-corrected chi connectivity index (χ1v) is 12.3. The first-order chi connectivity index (χ1) is 13.5. The lowest BCUT2D eigenvalue weighted by Crippen LogP contribution is -2.51. The molecule has 2 aromatic rings. The number of H-pyrrole nitrogens is 1. The number of nitrogens with one attached hydrogen (secondary N) is 1. The van der Waals surface area contributed by atoms with Crippen molar-refractivity contribution in [2.24, 2.45) is 5.16 Å². The van der Waals surface area contributed by atoms with Gasteiger partial charge >= 0.3 is 0 Å². The molecule has 3 heterocycles. The van der Waals surface area contributed by atoms with Crippen molar-refractivity contribution in [3.63, 3.8) is 0 Å². The largest absolute Gasteiger partial charge is 0.411 e. The van der Waals surface area contributed by atoms with Crippen LogP contribution in [0, 0.1) is 0 Å². The molecule has 2 aromatic heterocycles. The molecule has 160 valence electrons. The standard InChI is InChI=1S/C17H28N6O5Si/c1-15(2,3)27-10-6-17(29(4)5,28-16(10,8-24)7-20-26)23-9-19-11-12(23)21-14(18)22-13(11)25/h7,9-10,24,26,29H,6,8H2,1-5H3,(H3,18,21,22,25)/t10-,16+,17-/m0/s1.